The van der Waals surface area contributed by atoms with Crippen molar-refractivity contribution in [2.24, 2.45) is 0 Å². The van der Waals surface area contributed by atoms with Crippen LogP contribution in [0.2, 0.25) is 0 Å². The van der Waals surface area contributed by atoms with E-state index in [0.29, 0.717) is 13.3 Å². The smallest absolute Gasteiger partial charge is 0.231 e. The average Bonchev–Trinajstić information content (AvgIpc) is 2.92. The van der Waals surface area contributed by atoms with Crippen molar-refractivity contribution in [3.63, 3.8) is 0 Å². The van der Waals surface area contributed by atoms with Crippen molar-refractivity contribution in [1.82, 2.24) is 9.97 Å². The van der Waals surface area contributed by atoms with E-state index >= 15 is 0 Å². The van der Waals surface area contributed by atoms with Crippen molar-refractivity contribution in [2.75, 3.05) is 24.0 Å². The van der Waals surface area contributed by atoms with E-state index in [4.69, 9.17) is 9.47 Å². The van der Waals surface area contributed by atoms with Crippen molar-refractivity contribution in [3.05, 3.63) is 35.7 Å². The number of aromatic nitrogens is 2. The van der Waals surface area contributed by atoms with Gasteiger partial charge in [-0.2, -0.15) is 0 Å². The highest BCUT2D eigenvalue weighted by atomic mass is 16.7. The number of ether oxygens (including phenoxy) is 2. The molecule has 1 aliphatic heterocycles. The summed E-state index contributed by atoms with van der Waals surface area (Å²) in [5.74, 6) is 3.96. The molecule has 2 N–H and O–H groups in total. The summed E-state index contributed by atoms with van der Waals surface area (Å²) in [6, 6.07) is 7.83. The fourth-order valence-corrected chi connectivity index (χ4v) is 2.17. The lowest BCUT2D eigenvalue weighted by Gasteiger charge is -2.09. The van der Waals surface area contributed by atoms with E-state index in [9.17, 15) is 0 Å². The van der Waals surface area contributed by atoms with Gasteiger partial charge in [0.15, 0.2) is 11.5 Å². The fourth-order valence-electron chi connectivity index (χ4n) is 2.17. The van der Waals surface area contributed by atoms with Crippen LogP contribution in [0.5, 0.6) is 11.5 Å². The molecule has 0 fully saturated rings. The van der Waals surface area contributed by atoms with Gasteiger partial charge in [-0.15, -0.1) is 0 Å². The van der Waals surface area contributed by atoms with Crippen LogP contribution in [-0.4, -0.2) is 23.3 Å². The lowest BCUT2D eigenvalue weighted by molar-refractivity contribution is 0.174. The minimum atomic E-state index is 0.295. The summed E-state index contributed by atoms with van der Waals surface area (Å²) in [6.07, 6.45) is 0. The molecule has 0 saturated heterocycles. The standard InChI is InChI=1S/C15H18N4O2/c1-3-16-14-7-15(19-10(2)18-14)17-8-11-4-5-12-13(6-11)21-9-20-12/h4-7H,3,8-9H2,1-2H3,(H2,16,17,18,19). The molecule has 0 atom stereocenters. The Balaban J connectivity index is 1.69. The van der Waals surface area contributed by atoms with Crippen LogP contribution >= 0.6 is 0 Å². The SMILES string of the molecule is CCNc1cc(NCc2ccc3c(c2)OCO3)nc(C)n1. The third-order valence-electron chi connectivity index (χ3n) is 3.11. The van der Waals surface area contributed by atoms with Crippen molar-refractivity contribution in [2.45, 2.75) is 20.4 Å². The van der Waals surface area contributed by atoms with Gasteiger partial charge in [0, 0.05) is 19.2 Å². The monoisotopic (exact) mass is 286 g/mol. The highest BCUT2D eigenvalue weighted by molar-refractivity contribution is 5.49. The molecule has 1 aromatic carbocycles. The Morgan fingerprint density at radius 3 is 2.62 bits per heavy atom. The molecule has 1 aliphatic rings. The van der Waals surface area contributed by atoms with E-state index < -0.39 is 0 Å². The van der Waals surface area contributed by atoms with Gasteiger partial charge < -0.3 is 20.1 Å². The van der Waals surface area contributed by atoms with Crippen molar-refractivity contribution in [3.8, 4) is 11.5 Å². The maximum Gasteiger partial charge on any atom is 0.231 e. The van der Waals surface area contributed by atoms with E-state index in [1.807, 2.05) is 38.1 Å². The zero-order valence-electron chi connectivity index (χ0n) is 12.1. The number of benzene rings is 1. The molecule has 2 heterocycles. The van der Waals surface area contributed by atoms with Gasteiger partial charge in [-0.1, -0.05) is 6.07 Å². The number of hydrogen-bond donors (Lipinski definition) is 2. The maximum absolute atomic E-state index is 5.38. The summed E-state index contributed by atoms with van der Waals surface area (Å²) in [4.78, 5) is 8.71. The second-order valence-corrected chi connectivity index (χ2v) is 4.76. The second-order valence-electron chi connectivity index (χ2n) is 4.76. The van der Waals surface area contributed by atoms with Gasteiger partial charge in [0.25, 0.3) is 0 Å². The van der Waals surface area contributed by atoms with E-state index in [0.717, 1.165) is 41.1 Å². The van der Waals surface area contributed by atoms with Crippen LogP contribution in [0.1, 0.15) is 18.3 Å². The number of nitrogens with one attached hydrogen (secondary N) is 2. The van der Waals surface area contributed by atoms with Gasteiger partial charge >= 0.3 is 0 Å². The van der Waals surface area contributed by atoms with Gasteiger partial charge in [0.2, 0.25) is 6.79 Å². The Morgan fingerprint density at radius 1 is 1.05 bits per heavy atom. The molecule has 6 heteroatoms. The van der Waals surface area contributed by atoms with Crippen molar-refractivity contribution < 1.29 is 9.47 Å². The number of rotatable bonds is 5. The van der Waals surface area contributed by atoms with Crippen LogP contribution in [-0.2, 0) is 6.54 Å². The van der Waals surface area contributed by atoms with E-state index in [2.05, 4.69) is 20.6 Å². The highest BCUT2D eigenvalue weighted by Crippen LogP contribution is 2.32. The molecule has 21 heavy (non-hydrogen) atoms. The Morgan fingerprint density at radius 2 is 1.81 bits per heavy atom. The lowest BCUT2D eigenvalue weighted by atomic mass is 10.2. The van der Waals surface area contributed by atoms with Gasteiger partial charge in [-0.3, -0.25) is 0 Å². The number of nitrogens with zero attached hydrogens (tertiary/aromatic N) is 2. The Hall–Kier alpha value is -2.50. The second kappa shape index (κ2) is 5.87. The Bertz CT molecular complexity index is 646. The number of hydrogen-bond acceptors (Lipinski definition) is 6. The third kappa shape index (κ3) is 3.16. The molecule has 0 unspecified atom stereocenters. The molecule has 2 aromatic rings. The summed E-state index contributed by atoms with van der Waals surface area (Å²) >= 11 is 0. The van der Waals surface area contributed by atoms with Crippen LogP contribution in [0, 0.1) is 6.92 Å². The summed E-state index contributed by atoms with van der Waals surface area (Å²) in [5.41, 5.74) is 1.11. The normalized spacial score (nSPS) is 12.3. The molecule has 0 spiro atoms. The molecule has 3 rings (SSSR count). The summed E-state index contributed by atoms with van der Waals surface area (Å²) < 4.78 is 10.7. The quantitative estimate of drug-likeness (QED) is 0.880. The first-order valence-corrected chi connectivity index (χ1v) is 6.96. The first kappa shape index (κ1) is 13.5. The molecule has 1 aromatic heterocycles. The van der Waals surface area contributed by atoms with Crippen molar-refractivity contribution in [1.29, 1.82) is 0 Å². The first-order valence-electron chi connectivity index (χ1n) is 6.96. The largest absolute Gasteiger partial charge is 0.454 e. The van der Waals surface area contributed by atoms with Crippen LogP contribution in [0.4, 0.5) is 11.6 Å². The minimum Gasteiger partial charge on any atom is -0.454 e. The highest BCUT2D eigenvalue weighted by Gasteiger charge is 2.13. The van der Waals surface area contributed by atoms with Crippen LogP contribution < -0.4 is 20.1 Å². The van der Waals surface area contributed by atoms with Crippen LogP contribution in [0.15, 0.2) is 24.3 Å². The molecule has 6 nitrogen and oxygen atoms in total. The van der Waals surface area contributed by atoms with Crippen LogP contribution in [0.3, 0.4) is 0 Å². The maximum atomic E-state index is 5.38. The predicted molar refractivity (Wildman–Crippen MR) is 80.8 cm³/mol. The van der Waals surface area contributed by atoms with E-state index in [1.54, 1.807) is 0 Å². The molecular formula is C15H18N4O2. The predicted octanol–water partition coefficient (Wildman–Crippen LogP) is 2.56. The topological polar surface area (TPSA) is 68.3 Å². The van der Waals surface area contributed by atoms with E-state index in [-0.39, 0.29) is 0 Å². The van der Waals surface area contributed by atoms with Gasteiger partial charge in [-0.25, -0.2) is 9.97 Å². The summed E-state index contributed by atoms with van der Waals surface area (Å²) in [7, 11) is 0. The Kier molecular flexibility index (Phi) is 3.77. The fraction of sp³-hybridized carbons (Fsp3) is 0.333. The molecule has 0 bridgehead atoms. The molecule has 110 valence electrons. The van der Waals surface area contributed by atoms with E-state index in [1.165, 1.54) is 0 Å². The zero-order valence-corrected chi connectivity index (χ0v) is 12.1. The number of aryl methyl sites for hydroxylation is 1. The number of anilines is 2. The summed E-state index contributed by atoms with van der Waals surface area (Å²) in [5, 5.41) is 6.50. The average molecular weight is 286 g/mol. The molecular weight excluding hydrogens is 268 g/mol. The third-order valence-corrected chi connectivity index (χ3v) is 3.11. The molecule has 0 radical (unpaired) electrons. The van der Waals surface area contributed by atoms with Gasteiger partial charge in [0.05, 0.1) is 0 Å². The molecule has 0 saturated carbocycles. The zero-order chi connectivity index (χ0) is 14.7. The Labute approximate surface area is 123 Å². The summed E-state index contributed by atoms with van der Waals surface area (Å²) in [6.45, 7) is 5.71. The molecule has 0 amide bonds. The van der Waals surface area contributed by atoms with Gasteiger partial charge in [-0.05, 0) is 31.5 Å². The van der Waals surface area contributed by atoms with Gasteiger partial charge in [0.1, 0.15) is 17.5 Å². The molecule has 0 aliphatic carbocycles. The van der Waals surface area contributed by atoms with Crippen molar-refractivity contribution >= 4 is 11.6 Å². The first-order chi connectivity index (χ1) is 10.2. The van der Waals surface area contributed by atoms with Crippen LogP contribution in [0.25, 0.3) is 0 Å². The minimum absolute atomic E-state index is 0.295. The lowest BCUT2D eigenvalue weighted by Crippen LogP contribution is -2.06. The number of fused-ring (bicyclic) bond motifs is 1.